The molecule has 0 spiro atoms. The van der Waals surface area contributed by atoms with E-state index in [0.29, 0.717) is 5.46 Å². The largest absolute Gasteiger partial charge is 0.490 e. The van der Waals surface area contributed by atoms with Crippen molar-refractivity contribution in [2.75, 3.05) is 11.9 Å². The lowest BCUT2D eigenvalue weighted by Gasteiger charge is -2.04. The van der Waals surface area contributed by atoms with Gasteiger partial charge in [0.1, 0.15) is 5.82 Å². The van der Waals surface area contributed by atoms with Crippen molar-refractivity contribution in [2.24, 2.45) is 0 Å². The molecule has 0 bridgehead atoms. The number of anilines is 1. The Hall–Kier alpha value is -1.07. The zero-order valence-electron chi connectivity index (χ0n) is 7.57. The third-order valence-corrected chi connectivity index (χ3v) is 1.64. The van der Waals surface area contributed by atoms with E-state index < -0.39 is 7.12 Å². The summed E-state index contributed by atoms with van der Waals surface area (Å²) >= 11 is 0. The van der Waals surface area contributed by atoms with Gasteiger partial charge in [0, 0.05) is 18.2 Å². The van der Waals surface area contributed by atoms with Gasteiger partial charge in [0.2, 0.25) is 0 Å². The Morgan fingerprint density at radius 2 is 2.23 bits per heavy atom. The van der Waals surface area contributed by atoms with Gasteiger partial charge in [-0.1, -0.05) is 13.0 Å². The van der Waals surface area contributed by atoms with E-state index in [1.807, 2.05) is 0 Å². The molecule has 0 aliphatic heterocycles. The van der Waals surface area contributed by atoms with Gasteiger partial charge >= 0.3 is 7.12 Å². The molecule has 0 saturated carbocycles. The number of pyridine rings is 1. The monoisotopic (exact) mass is 180 g/mol. The summed E-state index contributed by atoms with van der Waals surface area (Å²) < 4.78 is 0. The highest BCUT2D eigenvalue weighted by atomic mass is 16.4. The number of nitrogens with zero attached hydrogens (tertiary/aromatic N) is 1. The Labute approximate surface area is 77.8 Å². The Kier molecular flexibility index (Phi) is 3.73. The van der Waals surface area contributed by atoms with Crippen LogP contribution in [0.3, 0.4) is 0 Å². The summed E-state index contributed by atoms with van der Waals surface area (Å²) in [7, 11) is -1.44. The first-order chi connectivity index (χ1) is 6.24. The average Bonchev–Trinajstić information content (AvgIpc) is 2.15. The van der Waals surface area contributed by atoms with Crippen molar-refractivity contribution in [3.05, 3.63) is 18.3 Å². The number of hydrogen-bond donors (Lipinski definition) is 3. The molecule has 0 aliphatic carbocycles. The van der Waals surface area contributed by atoms with Crippen LogP contribution in [-0.2, 0) is 0 Å². The number of nitrogens with one attached hydrogen (secondary N) is 1. The van der Waals surface area contributed by atoms with Crippen LogP contribution >= 0.6 is 0 Å². The maximum Gasteiger partial charge on any atom is 0.490 e. The van der Waals surface area contributed by atoms with Crippen LogP contribution in [0.5, 0.6) is 0 Å². The van der Waals surface area contributed by atoms with Crippen LogP contribution in [-0.4, -0.2) is 28.7 Å². The van der Waals surface area contributed by atoms with Crippen LogP contribution in [0, 0.1) is 0 Å². The summed E-state index contributed by atoms with van der Waals surface area (Å²) in [5.41, 5.74) is 0.405. The molecule has 5 heteroatoms. The second-order valence-electron chi connectivity index (χ2n) is 2.78. The minimum atomic E-state index is -1.44. The molecule has 3 N–H and O–H groups in total. The molecule has 1 heterocycles. The first kappa shape index (κ1) is 10.0. The molecule has 70 valence electrons. The van der Waals surface area contributed by atoms with E-state index in [9.17, 15) is 0 Å². The fourth-order valence-corrected chi connectivity index (χ4v) is 0.916. The summed E-state index contributed by atoms with van der Waals surface area (Å²) in [5.74, 6) is 0.756. The fraction of sp³-hybridized carbons (Fsp3) is 0.375. The molecule has 0 amide bonds. The van der Waals surface area contributed by atoms with Gasteiger partial charge in [0.25, 0.3) is 0 Å². The minimum Gasteiger partial charge on any atom is -0.423 e. The van der Waals surface area contributed by atoms with Crippen LogP contribution in [0.2, 0.25) is 0 Å². The molecule has 0 aromatic carbocycles. The quantitative estimate of drug-likeness (QED) is 0.550. The van der Waals surface area contributed by atoms with E-state index in [1.165, 1.54) is 6.20 Å². The Morgan fingerprint density at radius 1 is 1.46 bits per heavy atom. The highest BCUT2D eigenvalue weighted by Crippen LogP contribution is 1.98. The Balaban J connectivity index is 2.59. The highest BCUT2D eigenvalue weighted by molar-refractivity contribution is 6.58. The van der Waals surface area contributed by atoms with E-state index in [4.69, 9.17) is 10.0 Å². The SMILES string of the molecule is CCCNc1ccc(B(O)O)cn1. The van der Waals surface area contributed by atoms with E-state index in [1.54, 1.807) is 12.1 Å². The van der Waals surface area contributed by atoms with Crippen molar-refractivity contribution >= 4 is 18.4 Å². The molecule has 0 radical (unpaired) electrons. The standard InChI is InChI=1S/C8H13BN2O2/c1-2-5-10-8-4-3-7(6-11-8)9(12)13/h3-4,6,12-13H,2,5H2,1H3,(H,10,11). The van der Waals surface area contributed by atoms with Gasteiger partial charge < -0.3 is 15.4 Å². The predicted molar refractivity (Wildman–Crippen MR) is 52.8 cm³/mol. The first-order valence-electron chi connectivity index (χ1n) is 4.30. The number of hydrogen-bond acceptors (Lipinski definition) is 4. The summed E-state index contributed by atoms with van der Waals surface area (Å²) in [6.07, 6.45) is 2.48. The van der Waals surface area contributed by atoms with Gasteiger partial charge in [-0.3, -0.25) is 0 Å². The zero-order valence-corrected chi connectivity index (χ0v) is 7.57. The van der Waals surface area contributed by atoms with Gasteiger partial charge in [-0.2, -0.15) is 0 Å². The summed E-state index contributed by atoms with van der Waals surface area (Å²) in [5, 5.41) is 20.7. The van der Waals surface area contributed by atoms with Gasteiger partial charge in [-0.25, -0.2) is 4.98 Å². The molecule has 0 saturated heterocycles. The maximum atomic E-state index is 8.79. The van der Waals surface area contributed by atoms with Crippen LogP contribution in [0.1, 0.15) is 13.3 Å². The van der Waals surface area contributed by atoms with Crippen molar-refractivity contribution in [1.82, 2.24) is 4.98 Å². The molecule has 4 nitrogen and oxygen atoms in total. The molecule has 13 heavy (non-hydrogen) atoms. The molecule has 1 rings (SSSR count). The number of rotatable bonds is 4. The van der Waals surface area contributed by atoms with Crippen molar-refractivity contribution in [3.63, 3.8) is 0 Å². The molecule has 0 aliphatic rings. The smallest absolute Gasteiger partial charge is 0.423 e. The third kappa shape index (κ3) is 3.04. The summed E-state index contributed by atoms with van der Waals surface area (Å²) in [6, 6.07) is 3.36. The van der Waals surface area contributed by atoms with Gasteiger partial charge in [-0.15, -0.1) is 0 Å². The Morgan fingerprint density at radius 3 is 2.69 bits per heavy atom. The predicted octanol–water partition coefficient (Wildman–Crippen LogP) is -0.417. The van der Waals surface area contributed by atoms with Crippen LogP contribution in [0.4, 0.5) is 5.82 Å². The zero-order chi connectivity index (χ0) is 9.68. The van der Waals surface area contributed by atoms with E-state index in [2.05, 4.69) is 17.2 Å². The molecule has 0 unspecified atom stereocenters. The van der Waals surface area contributed by atoms with Crippen molar-refractivity contribution < 1.29 is 10.0 Å². The molecule has 1 aromatic rings. The topological polar surface area (TPSA) is 65.4 Å². The molecule has 0 fully saturated rings. The first-order valence-corrected chi connectivity index (χ1v) is 4.30. The summed E-state index contributed by atoms with van der Waals surface area (Å²) in [6.45, 7) is 2.94. The number of aromatic nitrogens is 1. The fourth-order valence-electron chi connectivity index (χ4n) is 0.916. The average molecular weight is 180 g/mol. The van der Waals surface area contributed by atoms with Crippen molar-refractivity contribution in [2.45, 2.75) is 13.3 Å². The van der Waals surface area contributed by atoms with Gasteiger partial charge in [0.05, 0.1) is 0 Å². The van der Waals surface area contributed by atoms with E-state index in [-0.39, 0.29) is 0 Å². The Bertz CT molecular complexity index is 251. The molecule has 1 aromatic heterocycles. The van der Waals surface area contributed by atoms with Gasteiger partial charge in [0.15, 0.2) is 0 Å². The molecular weight excluding hydrogens is 167 g/mol. The lowest BCUT2D eigenvalue weighted by molar-refractivity contribution is 0.425. The molecule has 0 atom stereocenters. The van der Waals surface area contributed by atoms with Crippen LogP contribution in [0.25, 0.3) is 0 Å². The molecular formula is C8H13BN2O2. The lowest BCUT2D eigenvalue weighted by Crippen LogP contribution is -2.30. The maximum absolute atomic E-state index is 8.79. The van der Waals surface area contributed by atoms with E-state index in [0.717, 1.165) is 18.8 Å². The second kappa shape index (κ2) is 4.84. The van der Waals surface area contributed by atoms with Gasteiger partial charge in [-0.05, 0) is 12.5 Å². The summed E-state index contributed by atoms with van der Waals surface area (Å²) in [4.78, 5) is 4.01. The van der Waals surface area contributed by atoms with Crippen molar-refractivity contribution in [1.29, 1.82) is 0 Å². The van der Waals surface area contributed by atoms with Crippen LogP contribution in [0.15, 0.2) is 18.3 Å². The van der Waals surface area contributed by atoms with Crippen molar-refractivity contribution in [3.8, 4) is 0 Å². The highest BCUT2D eigenvalue weighted by Gasteiger charge is 2.10. The van der Waals surface area contributed by atoms with Crippen LogP contribution < -0.4 is 10.8 Å². The lowest BCUT2D eigenvalue weighted by atomic mass is 9.82. The van der Waals surface area contributed by atoms with E-state index >= 15 is 0 Å². The third-order valence-electron chi connectivity index (χ3n) is 1.64. The minimum absolute atomic E-state index is 0.405. The second-order valence-corrected chi connectivity index (χ2v) is 2.78. The normalized spacial score (nSPS) is 9.77.